The van der Waals surface area contributed by atoms with Crippen LogP contribution in [0.1, 0.15) is 50.4 Å². The summed E-state index contributed by atoms with van der Waals surface area (Å²) in [4.78, 5) is 60.6. The van der Waals surface area contributed by atoms with Crippen molar-refractivity contribution in [1.82, 2.24) is 29.7 Å². The maximum absolute atomic E-state index is 13.8. The van der Waals surface area contributed by atoms with Gasteiger partial charge in [0.25, 0.3) is 12.4 Å². The maximum Gasteiger partial charge on any atom is 0.290 e. The number of fused-ring (bicyclic) bond motifs is 5. The molecule has 1 atom stereocenters. The summed E-state index contributed by atoms with van der Waals surface area (Å²) in [6, 6.07) is 16.7. The number of pyridine rings is 1. The highest BCUT2D eigenvalue weighted by molar-refractivity contribution is 5.98. The number of rotatable bonds is 4. The van der Waals surface area contributed by atoms with Crippen molar-refractivity contribution in [3.8, 4) is 17.1 Å². The number of benzene rings is 2. The van der Waals surface area contributed by atoms with E-state index < -0.39 is 6.04 Å². The molecule has 2 aromatic carbocycles. The van der Waals surface area contributed by atoms with E-state index in [-0.39, 0.29) is 30.1 Å². The lowest BCUT2D eigenvalue weighted by molar-refractivity contribution is -0.137. The number of nitrogens with zero attached hydrogens (tertiary/aromatic N) is 5. The molecule has 3 amide bonds. The van der Waals surface area contributed by atoms with Crippen LogP contribution < -0.4 is 10.1 Å². The number of hydrogen-bond acceptors (Lipinski definition) is 7. The van der Waals surface area contributed by atoms with Crippen LogP contribution in [-0.4, -0.2) is 92.5 Å². The van der Waals surface area contributed by atoms with Crippen molar-refractivity contribution in [3.63, 3.8) is 0 Å². The van der Waals surface area contributed by atoms with Gasteiger partial charge in [-0.15, -0.1) is 0 Å². The molecule has 4 aromatic rings. The molecule has 48 heavy (non-hydrogen) atoms. The lowest BCUT2D eigenvalue weighted by Crippen LogP contribution is -2.51. The summed E-state index contributed by atoms with van der Waals surface area (Å²) >= 11 is 0. The van der Waals surface area contributed by atoms with Gasteiger partial charge in [-0.2, -0.15) is 0 Å². The third-order valence-electron chi connectivity index (χ3n) is 8.11. The van der Waals surface area contributed by atoms with Crippen LogP contribution in [0, 0.1) is 5.92 Å². The van der Waals surface area contributed by atoms with Gasteiger partial charge < -0.3 is 29.5 Å². The highest BCUT2D eigenvalue weighted by Crippen LogP contribution is 2.24. The Labute approximate surface area is 280 Å². The third kappa shape index (κ3) is 9.63. The third-order valence-corrected chi connectivity index (χ3v) is 8.11. The van der Waals surface area contributed by atoms with E-state index in [4.69, 9.17) is 14.6 Å². The molecule has 254 valence electrons. The van der Waals surface area contributed by atoms with Crippen molar-refractivity contribution >= 4 is 35.1 Å². The van der Waals surface area contributed by atoms with Gasteiger partial charge in [0.1, 0.15) is 17.6 Å². The Morgan fingerprint density at radius 1 is 0.896 bits per heavy atom. The molecule has 3 heterocycles. The van der Waals surface area contributed by atoms with Crippen molar-refractivity contribution in [2.45, 2.75) is 52.6 Å². The van der Waals surface area contributed by atoms with Crippen LogP contribution in [-0.2, 0) is 20.9 Å². The molecular weight excluding hydrogens is 612 g/mol. The summed E-state index contributed by atoms with van der Waals surface area (Å²) in [5.41, 5.74) is 2.39. The minimum absolute atomic E-state index is 0.0375. The van der Waals surface area contributed by atoms with E-state index in [1.54, 1.807) is 12.4 Å². The van der Waals surface area contributed by atoms with Gasteiger partial charge in [-0.1, -0.05) is 32.0 Å². The number of aromatic nitrogens is 3. The first kappa shape index (κ1) is 35.6. The Hall–Kier alpha value is -5.26. The van der Waals surface area contributed by atoms with Crippen LogP contribution in [0.3, 0.4) is 0 Å². The summed E-state index contributed by atoms with van der Waals surface area (Å²) < 4.78 is 8.15. The molecule has 2 N–H and O–H groups in total. The number of carboxylic acid groups (broad SMARTS) is 1. The number of carbonyl (C=O) groups excluding carboxylic acids is 3. The summed E-state index contributed by atoms with van der Waals surface area (Å²) in [6.07, 6.45) is 7.51. The van der Waals surface area contributed by atoms with Crippen LogP contribution in [0.5, 0.6) is 5.75 Å². The molecule has 1 unspecified atom stereocenters. The second kappa shape index (κ2) is 17.6. The van der Waals surface area contributed by atoms with Gasteiger partial charge in [0.2, 0.25) is 11.8 Å². The molecule has 5 rings (SSSR count). The Bertz CT molecular complexity index is 1690. The van der Waals surface area contributed by atoms with Crippen molar-refractivity contribution in [1.29, 1.82) is 0 Å². The fourth-order valence-electron chi connectivity index (χ4n) is 5.72. The molecule has 1 aliphatic rings. The van der Waals surface area contributed by atoms with E-state index in [0.29, 0.717) is 57.7 Å². The van der Waals surface area contributed by atoms with Crippen molar-refractivity contribution < 1.29 is 29.0 Å². The molecule has 0 fully saturated rings. The molecular formula is C36H44N6O6. The highest BCUT2D eigenvalue weighted by atomic mass is 16.5. The minimum Gasteiger partial charge on any atom is -0.494 e. The van der Waals surface area contributed by atoms with Crippen LogP contribution in [0.2, 0.25) is 0 Å². The SMILES string of the molecule is CC(=O)NC(C(=O)N1CCCCN(C(=O)c2ccc3ncccc3c2)CCCOc2cccc(c2)-c2nccn2CC1)C(C)C.O=CO. The van der Waals surface area contributed by atoms with Crippen molar-refractivity contribution in [3.05, 3.63) is 78.8 Å². The summed E-state index contributed by atoms with van der Waals surface area (Å²) in [6.45, 7) is 8.11. The number of imidazole rings is 1. The number of carbonyl (C=O) groups is 4. The zero-order chi connectivity index (χ0) is 34.5. The highest BCUT2D eigenvalue weighted by Gasteiger charge is 2.28. The predicted molar refractivity (Wildman–Crippen MR) is 182 cm³/mol. The fourth-order valence-corrected chi connectivity index (χ4v) is 5.72. The second-order valence-corrected chi connectivity index (χ2v) is 11.9. The van der Waals surface area contributed by atoms with Gasteiger partial charge in [-0.3, -0.25) is 24.2 Å². The second-order valence-electron chi connectivity index (χ2n) is 11.9. The van der Waals surface area contributed by atoms with E-state index in [2.05, 4.69) is 15.3 Å². The molecule has 12 nitrogen and oxygen atoms in total. The van der Waals surface area contributed by atoms with Gasteiger partial charge in [-0.05, 0) is 61.6 Å². The first-order valence-electron chi connectivity index (χ1n) is 16.2. The molecule has 2 bridgehead atoms. The van der Waals surface area contributed by atoms with Crippen LogP contribution in [0.15, 0.2) is 73.2 Å². The number of amides is 3. The smallest absolute Gasteiger partial charge is 0.290 e. The Kier molecular flexibility index (Phi) is 13.1. The van der Waals surface area contributed by atoms with Gasteiger partial charge in [0, 0.05) is 74.8 Å². The molecule has 0 saturated carbocycles. The summed E-state index contributed by atoms with van der Waals surface area (Å²) in [7, 11) is 0. The number of nitrogens with one attached hydrogen (secondary N) is 1. The maximum atomic E-state index is 13.8. The molecule has 0 saturated heterocycles. The zero-order valence-corrected chi connectivity index (χ0v) is 27.7. The lowest BCUT2D eigenvalue weighted by Gasteiger charge is -2.30. The first-order chi connectivity index (χ1) is 23.2. The van der Waals surface area contributed by atoms with Crippen LogP contribution in [0.25, 0.3) is 22.3 Å². The van der Waals surface area contributed by atoms with E-state index in [1.807, 2.05) is 89.0 Å². The molecule has 2 aromatic heterocycles. The normalized spacial score (nSPS) is 14.8. The Morgan fingerprint density at radius 3 is 2.40 bits per heavy atom. The number of hydrogen-bond donors (Lipinski definition) is 2. The van der Waals surface area contributed by atoms with Crippen LogP contribution >= 0.6 is 0 Å². The molecule has 0 spiro atoms. The minimum atomic E-state index is -0.617. The van der Waals surface area contributed by atoms with E-state index in [9.17, 15) is 14.4 Å². The average molecular weight is 657 g/mol. The van der Waals surface area contributed by atoms with Gasteiger partial charge in [-0.25, -0.2) is 4.98 Å². The predicted octanol–water partition coefficient (Wildman–Crippen LogP) is 4.49. The zero-order valence-electron chi connectivity index (χ0n) is 27.7. The fraction of sp³-hybridized carbons (Fsp3) is 0.389. The van der Waals surface area contributed by atoms with Gasteiger partial charge >= 0.3 is 0 Å². The van der Waals surface area contributed by atoms with Gasteiger partial charge in [0.15, 0.2) is 0 Å². The van der Waals surface area contributed by atoms with Crippen molar-refractivity contribution in [2.24, 2.45) is 5.92 Å². The first-order valence-corrected chi connectivity index (χ1v) is 16.2. The Balaban J connectivity index is 0.00000167. The lowest BCUT2D eigenvalue weighted by atomic mass is 10.0. The summed E-state index contributed by atoms with van der Waals surface area (Å²) in [5.74, 6) is 1.09. The molecule has 12 heteroatoms. The van der Waals surface area contributed by atoms with E-state index >= 15 is 0 Å². The van der Waals surface area contributed by atoms with E-state index in [0.717, 1.165) is 34.5 Å². The summed E-state index contributed by atoms with van der Waals surface area (Å²) in [5, 5.41) is 10.7. The molecule has 0 radical (unpaired) electrons. The van der Waals surface area contributed by atoms with E-state index in [1.165, 1.54) is 6.92 Å². The largest absolute Gasteiger partial charge is 0.494 e. The van der Waals surface area contributed by atoms with Crippen LogP contribution in [0.4, 0.5) is 0 Å². The average Bonchev–Trinajstić information content (AvgIpc) is 3.55. The molecule has 0 aliphatic carbocycles. The standard InChI is InChI=1S/C35H42N6O4.CH2O2/c1-25(2)32(38-26(3)42)35(44)41-17-5-4-16-40(34(43)29-12-13-31-27(23-29)10-7-14-36-31)18-8-22-45-30-11-6-9-28(24-30)33-37-15-19-39(33)20-21-41;2-1-3/h6-7,9-15,19,23-25,32H,4-5,8,16-18,20-22H2,1-3H3,(H,38,42);1H,(H,2,3). The van der Waals surface area contributed by atoms with Gasteiger partial charge in [0.05, 0.1) is 12.1 Å². The molecule has 1 aliphatic heterocycles. The monoisotopic (exact) mass is 656 g/mol. The number of ether oxygens (including phenoxy) is 1. The quantitative estimate of drug-likeness (QED) is 0.306. The topological polar surface area (TPSA) is 147 Å². The Morgan fingerprint density at radius 2 is 1.65 bits per heavy atom. The van der Waals surface area contributed by atoms with Crippen molar-refractivity contribution in [2.75, 3.05) is 32.8 Å².